The minimum Gasteiger partial charge on any atom is -0.484 e. The second-order valence-electron chi connectivity index (χ2n) is 5.19. The highest BCUT2D eigenvalue weighted by Gasteiger charge is 2.09. The second kappa shape index (κ2) is 5.57. The Bertz CT molecular complexity index is 366. The molecule has 3 N–H and O–H groups in total. The lowest BCUT2D eigenvalue weighted by Gasteiger charge is -2.19. The van der Waals surface area contributed by atoms with E-state index in [1.54, 1.807) is 0 Å². The van der Waals surface area contributed by atoms with Crippen molar-refractivity contribution in [2.24, 2.45) is 11.1 Å². The van der Waals surface area contributed by atoms with Crippen LogP contribution in [0.4, 0.5) is 5.69 Å². The first-order chi connectivity index (χ1) is 7.87. The van der Waals surface area contributed by atoms with E-state index < -0.39 is 5.91 Å². The van der Waals surface area contributed by atoms with Crippen molar-refractivity contribution in [2.45, 2.75) is 20.8 Å². The second-order valence-corrected chi connectivity index (χ2v) is 5.19. The summed E-state index contributed by atoms with van der Waals surface area (Å²) in [5.74, 6) is 0.171. The molecule has 0 aliphatic carbocycles. The highest BCUT2D eigenvalue weighted by molar-refractivity contribution is 5.75. The molecule has 94 valence electrons. The summed E-state index contributed by atoms with van der Waals surface area (Å²) in [6, 6.07) is 7.46. The van der Waals surface area contributed by atoms with Crippen LogP contribution in [0.3, 0.4) is 0 Å². The van der Waals surface area contributed by atoms with Crippen molar-refractivity contribution in [3.8, 4) is 5.75 Å². The fourth-order valence-electron chi connectivity index (χ4n) is 1.19. The molecule has 4 heteroatoms. The first-order valence-electron chi connectivity index (χ1n) is 5.62. The fourth-order valence-corrected chi connectivity index (χ4v) is 1.19. The first-order valence-corrected chi connectivity index (χ1v) is 5.62. The van der Waals surface area contributed by atoms with Crippen molar-refractivity contribution in [3.63, 3.8) is 0 Å². The van der Waals surface area contributed by atoms with Crippen LogP contribution in [0.25, 0.3) is 0 Å². The van der Waals surface area contributed by atoms with E-state index in [0.29, 0.717) is 5.75 Å². The molecule has 0 aliphatic heterocycles. The van der Waals surface area contributed by atoms with Gasteiger partial charge in [-0.1, -0.05) is 20.8 Å². The monoisotopic (exact) mass is 236 g/mol. The van der Waals surface area contributed by atoms with Crippen molar-refractivity contribution >= 4 is 11.6 Å². The van der Waals surface area contributed by atoms with E-state index in [-0.39, 0.29) is 12.0 Å². The SMILES string of the molecule is CC(C)(C)CNc1ccc(OCC(N)=O)cc1. The van der Waals surface area contributed by atoms with Crippen LogP contribution in [0.2, 0.25) is 0 Å². The summed E-state index contributed by atoms with van der Waals surface area (Å²) in [6.45, 7) is 7.32. The molecule has 1 rings (SSSR count). The Kier molecular flexibility index (Phi) is 4.37. The molecule has 0 bridgehead atoms. The third-order valence-electron chi connectivity index (χ3n) is 2.06. The zero-order valence-electron chi connectivity index (χ0n) is 10.6. The number of carbonyl (C=O) groups excluding carboxylic acids is 1. The van der Waals surface area contributed by atoms with Gasteiger partial charge in [-0.3, -0.25) is 4.79 Å². The van der Waals surface area contributed by atoms with Crippen LogP contribution in [0.5, 0.6) is 5.75 Å². The van der Waals surface area contributed by atoms with E-state index in [2.05, 4.69) is 26.1 Å². The maximum absolute atomic E-state index is 10.5. The van der Waals surface area contributed by atoms with Gasteiger partial charge in [-0.2, -0.15) is 0 Å². The largest absolute Gasteiger partial charge is 0.484 e. The maximum atomic E-state index is 10.5. The van der Waals surface area contributed by atoms with Crippen molar-refractivity contribution in [1.82, 2.24) is 0 Å². The van der Waals surface area contributed by atoms with Gasteiger partial charge in [-0.15, -0.1) is 0 Å². The van der Waals surface area contributed by atoms with Gasteiger partial charge in [0.1, 0.15) is 5.75 Å². The average Bonchev–Trinajstić information content (AvgIpc) is 2.24. The number of primary amides is 1. The van der Waals surface area contributed by atoms with Gasteiger partial charge >= 0.3 is 0 Å². The summed E-state index contributed by atoms with van der Waals surface area (Å²) in [5.41, 5.74) is 6.26. The summed E-state index contributed by atoms with van der Waals surface area (Å²) < 4.78 is 5.17. The molecule has 17 heavy (non-hydrogen) atoms. The molecule has 1 amide bonds. The van der Waals surface area contributed by atoms with Gasteiger partial charge in [0.05, 0.1) is 0 Å². The molecule has 0 saturated carbocycles. The highest BCUT2D eigenvalue weighted by atomic mass is 16.5. The number of nitrogens with one attached hydrogen (secondary N) is 1. The van der Waals surface area contributed by atoms with E-state index in [9.17, 15) is 4.79 Å². The number of rotatable bonds is 5. The quantitative estimate of drug-likeness (QED) is 0.822. The Labute approximate surface area is 102 Å². The first kappa shape index (κ1) is 13.4. The molecule has 1 aromatic carbocycles. The van der Waals surface area contributed by atoms with Gasteiger partial charge < -0.3 is 15.8 Å². The standard InChI is InChI=1S/C13H20N2O2/c1-13(2,3)9-15-10-4-6-11(7-5-10)17-8-12(14)16/h4-7,15H,8-9H2,1-3H3,(H2,14,16). The van der Waals surface area contributed by atoms with Crippen molar-refractivity contribution in [3.05, 3.63) is 24.3 Å². The highest BCUT2D eigenvalue weighted by Crippen LogP contribution is 2.18. The smallest absolute Gasteiger partial charge is 0.255 e. The van der Waals surface area contributed by atoms with Crippen molar-refractivity contribution in [2.75, 3.05) is 18.5 Å². The molecule has 0 heterocycles. The Morgan fingerprint density at radius 1 is 1.29 bits per heavy atom. The molecule has 0 saturated heterocycles. The van der Waals surface area contributed by atoms with E-state index in [1.807, 2.05) is 24.3 Å². The predicted molar refractivity (Wildman–Crippen MR) is 69.1 cm³/mol. The number of hydrogen-bond acceptors (Lipinski definition) is 3. The molecule has 0 aliphatic rings. The van der Waals surface area contributed by atoms with Gasteiger partial charge in [0.25, 0.3) is 5.91 Å². The summed E-state index contributed by atoms with van der Waals surface area (Å²) in [7, 11) is 0. The molecular formula is C13H20N2O2. The van der Waals surface area contributed by atoms with Gasteiger partial charge in [-0.25, -0.2) is 0 Å². The molecule has 0 fully saturated rings. The molecule has 0 radical (unpaired) electrons. The number of benzene rings is 1. The number of nitrogens with two attached hydrogens (primary N) is 1. The van der Waals surface area contributed by atoms with Crippen molar-refractivity contribution in [1.29, 1.82) is 0 Å². The number of anilines is 1. The van der Waals surface area contributed by atoms with Crippen LogP contribution in [0.15, 0.2) is 24.3 Å². The molecule has 0 unspecified atom stereocenters. The van der Waals surface area contributed by atoms with Crippen LogP contribution in [0.1, 0.15) is 20.8 Å². The summed E-state index contributed by atoms with van der Waals surface area (Å²) in [6.07, 6.45) is 0. The molecular weight excluding hydrogens is 216 g/mol. The maximum Gasteiger partial charge on any atom is 0.255 e. The minimum atomic E-state index is -0.472. The lowest BCUT2D eigenvalue weighted by molar-refractivity contribution is -0.119. The number of ether oxygens (including phenoxy) is 1. The van der Waals surface area contributed by atoms with Gasteiger partial charge in [-0.05, 0) is 29.7 Å². The number of amides is 1. The lowest BCUT2D eigenvalue weighted by atomic mass is 9.97. The van der Waals surface area contributed by atoms with Gasteiger partial charge in [0, 0.05) is 12.2 Å². The van der Waals surface area contributed by atoms with E-state index >= 15 is 0 Å². The zero-order valence-corrected chi connectivity index (χ0v) is 10.6. The van der Waals surface area contributed by atoms with Crippen LogP contribution in [0, 0.1) is 5.41 Å². The average molecular weight is 236 g/mol. The van der Waals surface area contributed by atoms with Crippen LogP contribution in [-0.2, 0) is 4.79 Å². The molecule has 4 nitrogen and oxygen atoms in total. The minimum absolute atomic E-state index is 0.0885. The Hall–Kier alpha value is -1.71. The van der Waals surface area contributed by atoms with Gasteiger partial charge in [0.15, 0.2) is 6.61 Å². The van der Waals surface area contributed by atoms with Crippen molar-refractivity contribution < 1.29 is 9.53 Å². The van der Waals surface area contributed by atoms with Crippen LogP contribution in [-0.4, -0.2) is 19.1 Å². The number of hydrogen-bond donors (Lipinski definition) is 2. The molecule has 0 spiro atoms. The normalized spacial score (nSPS) is 11.0. The Morgan fingerprint density at radius 2 is 1.88 bits per heavy atom. The van der Waals surface area contributed by atoms with Crippen LogP contribution < -0.4 is 15.8 Å². The summed E-state index contributed by atoms with van der Waals surface area (Å²) in [5, 5.41) is 3.33. The Balaban J connectivity index is 2.47. The molecule has 1 aromatic rings. The molecule has 0 aromatic heterocycles. The predicted octanol–water partition coefficient (Wildman–Crippen LogP) is 2.01. The summed E-state index contributed by atoms with van der Waals surface area (Å²) >= 11 is 0. The lowest BCUT2D eigenvalue weighted by Crippen LogP contribution is -2.20. The zero-order chi connectivity index (χ0) is 12.9. The Morgan fingerprint density at radius 3 is 2.35 bits per heavy atom. The van der Waals surface area contributed by atoms with E-state index in [4.69, 9.17) is 10.5 Å². The topological polar surface area (TPSA) is 64.3 Å². The fraction of sp³-hybridized carbons (Fsp3) is 0.462. The third-order valence-corrected chi connectivity index (χ3v) is 2.06. The molecule has 0 atom stereocenters. The van der Waals surface area contributed by atoms with E-state index in [1.165, 1.54) is 0 Å². The number of carbonyl (C=O) groups is 1. The third kappa shape index (κ3) is 5.80. The van der Waals surface area contributed by atoms with Gasteiger partial charge in [0.2, 0.25) is 0 Å². The van der Waals surface area contributed by atoms with Crippen LogP contribution >= 0.6 is 0 Å². The summed E-state index contributed by atoms with van der Waals surface area (Å²) in [4.78, 5) is 10.5. The van der Waals surface area contributed by atoms with E-state index in [0.717, 1.165) is 12.2 Å².